The lowest BCUT2D eigenvalue weighted by Gasteiger charge is -2.20. The predicted molar refractivity (Wildman–Crippen MR) is 124 cm³/mol. The summed E-state index contributed by atoms with van der Waals surface area (Å²) in [6.07, 6.45) is 3.62. The number of fused-ring (bicyclic) bond motifs is 2. The molecule has 7 nitrogen and oxygen atoms in total. The van der Waals surface area contributed by atoms with Gasteiger partial charge in [-0.3, -0.25) is 14.4 Å². The zero-order valence-electron chi connectivity index (χ0n) is 16.8. The highest BCUT2D eigenvalue weighted by atomic mass is 32.1. The molecule has 0 aliphatic rings. The van der Waals surface area contributed by atoms with E-state index >= 15 is 0 Å². The van der Waals surface area contributed by atoms with Crippen LogP contribution in [-0.2, 0) is 6.54 Å². The predicted octanol–water partition coefficient (Wildman–Crippen LogP) is 4.85. The second-order valence-corrected chi connectivity index (χ2v) is 8.69. The van der Waals surface area contributed by atoms with E-state index in [-0.39, 0.29) is 5.91 Å². The molecule has 156 valence electrons. The van der Waals surface area contributed by atoms with E-state index in [9.17, 15) is 4.79 Å². The number of anilines is 1. The topological polar surface area (TPSA) is 73.1 Å². The van der Waals surface area contributed by atoms with Gasteiger partial charge in [0.2, 0.25) is 0 Å². The van der Waals surface area contributed by atoms with Gasteiger partial charge >= 0.3 is 0 Å². The van der Waals surface area contributed by atoms with Crippen molar-refractivity contribution < 1.29 is 9.53 Å². The van der Waals surface area contributed by atoms with Crippen LogP contribution in [0.15, 0.2) is 60.4 Å². The summed E-state index contributed by atoms with van der Waals surface area (Å²) in [5, 5.41) is 4.91. The smallest absolute Gasteiger partial charge is 0.260 e. The Labute approximate surface area is 186 Å². The summed E-state index contributed by atoms with van der Waals surface area (Å²) in [5.41, 5.74) is 4.07. The van der Waals surface area contributed by atoms with Crippen molar-refractivity contribution in [3.63, 3.8) is 0 Å². The lowest BCUT2D eigenvalue weighted by molar-refractivity contribution is 0.0986. The van der Waals surface area contributed by atoms with Crippen molar-refractivity contribution in [3.05, 3.63) is 65.9 Å². The highest BCUT2D eigenvalue weighted by Gasteiger charge is 2.23. The van der Waals surface area contributed by atoms with Crippen molar-refractivity contribution in [1.82, 2.24) is 19.7 Å². The largest absolute Gasteiger partial charge is 0.492 e. The van der Waals surface area contributed by atoms with Gasteiger partial charge in [-0.15, -0.1) is 11.3 Å². The van der Waals surface area contributed by atoms with Gasteiger partial charge in [-0.05, 0) is 43.3 Å². The fourth-order valence-electron chi connectivity index (χ4n) is 3.36. The lowest BCUT2D eigenvalue weighted by Crippen LogP contribution is -2.34. The van der Waals surface area contributed by atoms with E-state index in [4.69, 9.17) is 9.72 Å². The number of amides is 1. The van der Waals surface area contributed by atoms with Crippen LogP contribution in [0.1, 0.15) is 17.3 Å². The number of nitrogens with zero attached hydrogens (tertiary/aromatic N) is 5. The standard InChI is InChI=1S/C22H19N5O2S2/c1-2-29-17-5-3-6-18-20(17)25-22(31-18)27(12-11-26-10-4-9-24-26)21(28)15-7-8-16-19(13-15)30-14-23-16/h3-10,13-14H,2,11-12H2,1H3. The zero-order valence-corrected chi connectivity index (χ0v) is 18.4. The Bertz CT molecular complexity index is 1340. The number of hydrogen-bond acceptors (Lipinski definition) is 7. The minimum Gasteiger partial charge on any atom is -0.492 e. The fourth-order valence-corrected chi connectivity index (χ4v) is 5.09. The van der Waals surface area contributed by atoms with Crippen molar-refractivity contribution in [2.24, 2.45) is 0 Å². The van der Waals surface area contributed by atoms with Gasteiger partial charge in [0.15, 0.2) is 5.13 Å². The van der Waals surface area contributed by atoms with E-state index in [1.807, 2.05) is 60.3 Å². The molecular formula is C22H19N5O2S2. The average molecular weight is 450 g/mol. The Morgan fingerprint density at radius 1 is 1.19 bits per heavy atom. The number of hydrogen-bond donors (Lipinski definition) is 0. The number of para-hydroxylation sites is 1. The summed E-state index contributed by atoms with van der Waals surface area (Å²) < 4.78 is 9.52. The normalized spacial score (nSPS) is 11.3. The molecule has 9 heteroatoms. The van der Waals surface area contributed by atoms with Gasteiger partial charge < -0.3 is 4.74 Å². The highest BCUT2D eigenvalue weighted by molar-refractivity contribution is 7.22. The molecule has 5 rings (SSSR count). The van der Waals surface area contributed by atoms with Crippen LogP contribution in [0.3, 0.4) is 0 Å². The van der Waals surface area contributed by atoms with E-state index in [0.717, 1.165) is 26.2 Å². The van der Waals surface area contributed by atoms with Crippen LogP contribution in [0.25, 0.3) is 20.4 Å². The highest BCUT2D eigenvalue weighted by Crippen LogP contribution is 2.35. The summed E-state index contributed by atoms with van der Waals surface area (Å²) in [6.45, 7) is 3.52. The Morgan fingerprint density at radius 3 is 2.97 bits per heavy atom. The van der Waals surface area contributed by atoms with Crippen LogP contribution in [0.4, 0.5) is 5.13 Å². The van der Waals surface area contributed by atoms with Crippen molar-refractivity contribution in [1.29, 1.82) is 0 Å². The van der Waals surface area contributed by atoms with Gasteiger partial charge in [0.05, 0.1) is 33.6 Å². The Balaban J connectivity index is 1.53. The van der Waals surface area contributed by atoms with E-state index in [1.54, 1.807) is 16.6 Å². The summed E-state index contributed by atoms with van der Waals surface area (Å²) >= 11 is 3.01. The number of aromatic nitrogens is 4. The third kappa shape index (κ3) is 3.89. The van der Waals surface area contributed by atoms with Crippen LogP contribution >= 0.6 is 22.7 Å². The van der Waals surface area contributed by atoms with E-state index in [1.165, 1.54) is 22.7 Å². The quantitative estimate of drug-likeness (QED) is 0.355. The fraction of sp³-hybridized carbons (Fsp3) is 0.182. The van der Waals surface area contributed by atoms with Crippen LogP contribution < -0.4 is 9.64 Å². The van der Waals surface area contributed by atoms with E-state index in [0.29, 0.717) is 30.4 Å². The molecule has 5 aromatic rings. The molecule has 0 saturated heterocycles. The second kappa shape index (κ2) is 8.44. The Kier molecular flexibility index (Phi) is 5.35. The molecule has 0 aliphatic carbocycles. The number of ether oxygens (including phenoxy) is 1. The molecular weight excluding hydrogens is 430 g/mol. The van der Waals surface area contributed by atoms with Gasteiger partial charge in [-0.1, -0.05) is 17.4 Å². The number of carbonyl (C=O) groups excluding carboxylic acids is 1. The molecule has 0 spiro atoms. The molecule has 3 aromatic heterocycles. The Morgan fingerprint density at radius 2 is 2.13 bits per heavy atom. The molecule has 0 radical (unpaired) electrons. The molecule has 0 unspecified atom stereocenters. The maximum absolute atomic E-state index is 13.6. The molecule has 0 bridgehead atoms. The first-order valence-corrected chi connectivity index (χ1v) is 11.6. The SMILES string of the molecule is CCOc1cccc2sc(N(CCn3cccn3)C(=O)c3ccc4ncsc4c3)nc12. The first kappa shape index (κ1) is 19.7. The summed E-state index contributed by atoms with van der Waals surface area (Å²) in [7, 11) is 0. The maximum Gasteiger partial charge on any atom is 0.260 e. The van der Waals surface area contributed by atoms with Gasteiger partial charge in [-0.25, -0.2) is 9.97 Å². The van der Waals surface area contributed by atoms with Crippen LogP contribution in [0.5, 0.6) is 5.75 Å². The maximum atomic E-state index is 13.6. The first-order valence-electron chi connectivity index (χ1n) is 9.88. The molecule has 1 amide bonds. The summed E-state index contributed by atoms with van der Waals surface area (Å²) in [4.78, 5) is 24.4. The lowest BCUT2D eigenvalue weighted by atomic mass is 10.2. The molecule has 0 saturated carbocycles. The van der Waals surface area contributed by atoms with E-state index in [2.05, 4.69) is 10.1 Å². The zero-order chi connectivity index (χ0) is 21.2. The second-order valence-electron chi connectivity index (χ2n) is 6.79. The Hall–Kier alpha value is -3.30. The van der Waals surface area contributed by atoms with Gasteiger partial charge in [0.25, 0.3) is 5.91 Å². The van der Waals surface area contributed by atoms with Gasteiger partial charge in [-0.2, -0.15) is 5.10 Å². The van der Waals surface area contributed by atoms with Crippen molar-refractivity contribution in [3.8, 4) is 5.75 Å². The third-order valence-electron chi connectivity index (χ3n) is 4.84. The van der Waals surface area contributed by atoms with Crippen molar-refractivity contribution in [2.45, 2.75) is 13.5 Å². The molecule has 31 heavy (non-hydrogen) atoms. The number of rotatable bonds is 7. The monoisotopic (exact) mass is 449 g/mol. The van der Waals surface area contributed by atoms with Crippen LogP contribution in [0.2, 0.25) is 0 Å². The average Bonchev–Trinajstić information content (AvgIpc) is 3.54. The summed E-state index contributed by atoms with van der Waals surface area (Å²) in [6, 6.07) is 13.3. The minimum atomic E-state index is -0.0977. The number of benzene rings is 2. The molecule has 0 N–H and O–H groups in total. The minimum absolute atomic E-state index is 0.0977. The molecule has 0 aliphatic heterocycles. The summed E-state index contributed by atoms with van der Waals surface area (Å²) in [5.74, 6) is 0.632. The van der Waals surface area contributed by atoms with Gasteiger partial charge in [0, 0.05) is 24.5 Å². The third-order valence-corrected chi connectivity index (χ3v) is 6.67. The molecule has 2 aromatic carbocycles. The molecule has 3 heterocycles. The number of carbonyl (C=O) groups is 1. The van der Waals surface area contributed by atoms with Crippen molar-refractivity contribution in [2.75, 3.05) is 18.1 Å². The van der Waals surface area contributed by atoms with Crippen molar-refractivity contribution >= 4 is 54.1 Å². The molecule has 0 fully saturated rings. The van der Waals surface area contributed by atoms with Gasteiger partial charge in [0.1, 0.15) is 11.3 Å². The number of thiazole rings is 2. The van der Waals surface area contributed by atoms with Crippen LogP contribution in [0, 0.1) is 0 Å². The van der Waals surface area contributed by atoms with Crippen LogP contribution in [-0.4, -0.2) is 38.8 Å². The molecule has 0 atom stereocenters. The van der Waals surface area contributed by atoms with E-state index < -0.39 is 0 Å². The first-order chi connectivity index (χ1) is 15.2.